The average Bonchev–Trinajstić information content (AvgIpc) is 3.35. The van der Waals surface area contributed by atoms with Crippen LogP contribution < -0.4 is 5.32 Å². The highest BCUT2D eigenvalue weighted by molar-refractivity contribution is 5.78. The molecule has 1 heterocycles. The van der Waals surface area contributed by atoms with E-state index in [-0.39, 0.29) is 11.7 Å². The zero-order valence-corrected chi connectivity index (χ0v) is 15.4. The summed E-state index contributed by atoms with van der Waals surface area (Å²) in [6, 6.07) is 23.2. The van der Waals surface area contributed by atoms with Gasteiger partial charge in [0.1, 0.15) is 0 Å². The second-order valence-corrected chi connectivity index (χ2v) is 6.92. The number of nitro benzene ring substituents is 1. The number of nitrogens with one attached hydrogen (secondary N) is 1. The molecule has 0 amide bonds. The average molecular weight is 383 g/mol. The van der Waals surface area contributed by atoms with Crippen LogP contribution in [-0.4, -0.2) is 19.9 Å². The Morgan fingerprint density at radius 2 is 1.55 bits per heavy atom. The van der Waals surface area contributed by atoms with Gasteiger partial charge in [0, 0.05) is 18.7 Å². The van der Waals surface area contributed by atoms with Gasteiger partial charge in [-0.25, -0.2) is 4.68 Å². The summed E-state index contributed by atoms with van der Waals surface area (Å²) in [4.78, 5) is 10.4. The van der Waals surface area contributed by atoms with E-state index < -0.39 is 4.92 Å². The van der Waals surface area contributed by atoms with Gasteiger partial charge < -0.3 is 5.32 Å². The van der Waals surface area contributed by atoms with Crippen molar-refractivity contribution >= 4 is 5.69 Å². The van der Waals surface area contributed by atoms with Crippen molar-refractivity contribution in [2.75, 3.05) is 0 Å². The molecule has 7 nitrogen and oxygen atoms in total. The fourth-order valence-electron chi connectivity index (χ4n) is 3.81. The molecule has 142 valence electrons. The molecule has 1 aliphatic rings. The highest BCUT2D eigenvalue weighted by atomic mass is 16.6. The van der Waals surface area contributed by atoms with Gasteiger partial charge in [0.15, 0.2) is 0 Å². The van der Waals surface area contributed by atoms with Crippen molar-refractivity contribution < 1.29 is 4.92 Å². The van der Waals surface area contributed by atoms with Crippen LogP contribution in [0.3, 0.4) is 0 Å². The molecular weight excluding hydrogens is 366 g/mol. The standard InChI is InChI=1S/C22H17N5O2/c28-27(29)17-11-9-16(10-12-17)26-14-15(24-25-26)13-23-22-20-7-3-1-5-18(20)19-6-2-4-8-21(19)22/h1-12,14,22-23H,13H2. The van der Waals surface area contributed by atoms with Gasteiger partial charge in [-0.2, -0.15) is 0 Å². The third-order valence-electron chi connectivity index (χ3n) is 5.19. The van der Waals surface area contributed by atoms with Crippen molar-refractivity contribution in [2.24, 2.45) is 0 Å². The molecule has 5 rings (SSSR count). The van der Waals surface area contributed by atoms with Crippen LogP contribution in [0.5, 0.6) is 0 Å². The molecular formula is C22H17N5O2. The molecule has 0 radical (unpaired) electrons. The van der Waals surface area contributed by atoms with Crippen molar-refractivity contribution in [1.82, 2.24) is 20.3 Å². The normalized spacial score (nSPS) is 12.6. The molecule has 1 aliphatic carbocycles. The number of rotatable bonds is 5. The summed E-state index contributed by atoms with van der Waals surface area (Å²) in [5.74, 6) is 0. The van der Waals surface area contributed by atoms with Gasteiger partial charge in [-0.05, 0) is 34.4 Å². The third kappa shape index (κ3) is 3.07. The van der Waals surface area contributed by atoms with E-state index >= 15 is 0 Å². The van der Waals surface area contributed by atoms with Gasteiger partial charge in [0.25, 0.3) is 5.69 Å². The lowest BCUT2D eigenvalue weighted by Gasteiger charge is -2.14. The lowest BCUT2D eigenvalue weighted by molar-refractivity contribution is -0.384. The number of aromatic nitrogens is 3. The maximum absolute atomic E-state index is 10.8. The molecule has 29 heavy (non-hydrogen) atoms. The van der Waals surface area contributed by atoms with Crippen LogP contribution >= 0.6 is 0 Å². The molecule has 1 N–H and O–H groups in total. The molecule has 0 fully saturated rings. The third-order valence-corrected chi connectivity index (χ3v) is 5.19. The second kappa shape index (κ2) is 6.96. The first-order chi connectivity index (χ1) is 14.2. The molecule has 0 unspecified atom stereocenters. The van der Waals surface area contributed by atoms with Crippen LogP contribution in [0, 0.1) is 10.1 Å². The highest BCUT2D eigenvalue weighted by Crippen LogP contribution is 2.43. The van der Waals surface area contributed by atoms with Gasteiger partial charge in [-0.1, -0.05) is 53.7 Å². The number of fused-ring (bicyclic) bond motifs is 3. The Hall–Kier alpha value is -3.84. The number of nitro groups is 1. The molecule has 7 heteroatoms. The fraction of sp³-hybridized carbons (Fsp3) is 0.0909. The monoisotopic (exact) mass is 383 g/mol. The summed E-state index contributed by atoms with van der Waals surface area (Å²) in [6.07, 6.45) is 1.83. The van der Waals surface area contributed by atoms with Crippen molar-refractivity contribution in [2.45, 2.75) is 12.6 Å². The van der Waals surface area contributed by atoms with Gasteiger partial charge in [-0.3, -0.25) is 10.1 Å². The maximum Gasteiger partial charge on any atom is 0.269 e. The summed E-state index contributed by atoms with van der Waals surface area (Å²) < 4.78 is 1.62. The Labute approximate surface area is 166 Å². The first-order valence-electron chi connectivity index (χ1n) is 9.28. The van der Waals surface area contributed by atoms with Crippen LogP contribution in [-0.2, 0) is 6.54 Å². The number of hydrogen-bond donors (Lipinski definition) is 1. The summed E-state index contributed by atoms with van der Waals surface area (Å²) in [7, 11) is 0. The summed E-state index contributed by atoms with van der Waals surface area (Å²) in [5, 5.41) is 22.8. The van der Waals surface area contributed by atoms with E-state index in [0.717, 1.165) is 11.4 Å². The van der Waals surface area contributed by atoms with E-state index in [1.165, 1.54) is 34.4 Å². The minimum absolute atomic E-state index is 0.0503. The first-order valence-corrected chi connectivity index (χ1v) is 9.28. The molecule has 0 atom stereocenters. The van der Waals surface area contributed by atoms with Gasteiger partial charge in [-0.15, -0.1) is 5.10 Å². The highest BCUT2D eigenvalue weighted by Gasteiger charge is 2.27. The predicted molar refractivity (Wildman–Crippen MR) is 109 cm³/mol. The Morgan fingerprint density at radius 1 is 0.931 bits per heavy atom. The van der Waals surface area contributed by atoms with Crippen LogP contribution in [0.25, 0.3) is 16.8 Å². The lowest BCUT2D eigenvalue weighted by atomic mass is 10.1. The molecule has 3 aromatic carbocycles. The number of benzene rings is 3. The summed E-state index contributed by atoms with van der Waals surface area (Å²) >= 11 is 0. The minimum Gasteiger partial charge on any atom is -0.300 e. The fourth-order valence-corrected chi connectivity index (χ4v) is 3.81. The largest absolute Gasteiger partial charge is 0.300 e. The quantitative estimate of drug-likeness (QED) is 0.415. The predicted octanol–water partition coefficient (Wildman–Crippen LogP) is 4.04. The van der Waals surface area contributed by atoms with E-state index in [0.29, 0.717) is 6.54 Å². The topological polar surface area (TPSA) is 85.9 Å². The maximum atomic E-state index is 10.8. The molecule has 0 bridgehead atoms. The van der Waals surface area contributed by atoms with Gasteiger partial charge in [0.05, 0.1) is 28.5 Å². The zero-order chi connectivity index (χ0) is 19.8. The Morgan fingerprint density at radius 3 is 2.17 bits per heavy atom. The van der Waals surface area contributed by atoms with E-state index in [1.807, 2.05) is 6.20 Å². The van der Waals surface area contributed by atoms with Crippen LogP contribution in [0.2, 0.25) is 0 Å². The van der Waals surface area contributed by atoms with Gasteiger partial charge in [0.2, 0.25) is 0 Å². The van der Waals surface area contributed by atoms with E-state index in [2.05, 4.69) is 64.2 Å². The zero-order valence-electron chi connectivity index (χ0n) is 15.4. The number of nitrogens with zero attached hydrogens (tertiary/aromatic N) is 4. The van der Waals surface area contributed by atoms with Crippen LogP contribution in [0.1, 0.15) is 22.9 Å². The smallest absolute Gasteiger partial charge is 0.269 e. The molecule has 4 aromatic rings. The molecule has 0 saturated heterocycles. The van der Waals surface area contributed by atoms with Gasteiger partial charge >= 0.3 is 0 Å². The molecule has 0 aliphatic heterocycles. The van der Waals surface area contributed by atoms with Crippen molar-refractivity contribution in [3.8, 4) is 16.8 Å². The van der Waals surface area contributed by atoms with Crippen LogP contribution in [0.4, 0.5) is 5.69 Å². The number of hydrogen-bond acceptors (Lipinski definition) is 5. The second-order valence-electron chi connectivity index (χ2n) is 6.92. The van der Waals surface area contributed by atoms with Crippen molar-refractivity contribution in [3.05, 3.63) is 106 Å². The Balaban J connectivity index is 1.36. The summed E-state index contributed by atoms with van der Waals surface area (Å²) in [6.45, 7) is 0.556. The van der Waals surface area contributed by atoms with E-state index in [1.54, 1.807) is 16.8 Å². The lowest BCUT2D eigenvalue weighted by Crippen LogP contribution is -2.20. The van der Waals surface area contributed by atoms with Crippen LogP contribution in [0.15, 0.2) is 79.0 Å². The van der Waals surface area contributed by atoms with E-state index in [9.17, 15) is 10.1 Å². The first kappa shape index (κ1) is 17.3. The van der Waals surface area contributed by atoms with Crippen molar-refractivity contribution in [3.63, 3.8) is 0 Å². The summed E-state index contributed by atoms with van der Waals surface area (Å²) in [5.41, 5.74) is 6.61. The SMILES string of the molecule is O=[N+]([O-])c1ccc(-n2cc(CNC3c4ccccc4-c4ccccc43)nn2)cc1. The molecule has 0 saturated carbocycles. The van der Waals surface area contributed by atoms with Crippen molar-refractivity contribution in [1.29, 1.82) is 0 Å². The molecule has 1 aromatic heterocycles. The Bertz CT molecular complexity index is 1150. The molecule has 0 spiro atoms. The number of non-ortho nitro benzene ring substituents is 1. The van der Waals surface area contributed by atoms with E-state index in [4.69, 9.17) is 0 Å². The Kier molecular flexibility index (Phi) is 4.14. The minimum atomic E-state index is -0.419.